The molecule has 0 aromatic heterocycles. The topological polar surface area (TPSA) is 69.6 Å². The van der Waals surface area contributed by atoms with E-state index in [4.69, 9.17) is 5.11 Å². The molecular formula is C14H18N2O3. The number of nitrogens with one attached hydrogen (secondary N) is 1. The van der Waals surface area contributed by atoms with Gasteiger partial charge in [-0.15, -0.1) is 0 Å². The molecule has 1 saturated heterocycles. The maximum atomic E-state index is 12.1. The Labute approximate surface area is 112 Å². The zero-order valence-electron chi connectivity index (χ0n) is 10.9. The van der Waals surface area contributed by atoms with E-state index in [1.54, 1.807) is 0 Å². The third-order valence-corrected chi connectivity index (χ3v) is 3.27. The quantitative estimate of drug-likeness (QED) is 0.856. The van der Waals surface area contributed by atoms with E-state index in [0.717, 1.165) is 5.69 Å². The number of rotatable bonds is 3. The second-order valence-corrected chi connectivity index (χ2v) is 4.95. The largest absolute Gasteiger partial charge is 0.481 e. The van der Waals surface area contributed by atoms with Crippen molar-refractivity contribution in [1.82, 2.24) is 5.32 Å². The normalized spacial score (nSPS) is 23.6. The Hall–Kier alpha value is -2.04. The Bertz CT molecular complexity index is 461. The number of nitrogens with zero attached hydrogens (tertiary/aromatic N) is 1. The summed E-state index contributed by atoms with van der Waals surface area (Å²) in [5.41, 5.74) is 0.887. The Kier molecular flexibility index (Phi) is 4.04. The van der Waals surface area contributed by atoms with Crippen molar-refractivity contribution in [2.45, 2.75) is 19.4 Å². The van der Waals surface area contributed by atoms with E-state index >= 15 is 0 Å². The van der Waals surface area contributed by atoms with Gasteiger partial charge in [0.15, 0.2) is 0 Å². The van der Waals surface area contributed by atoms with Crippen LogP contribution in [0.2, 0.25) is 0 Å². The van der Waals surface area contributed by atoms with Gasteiger partial charge in [0.1, 0.15) is 6.04 Å². The molecule has 2 atom stereocenters. The minimum atomic E-state index is -0.962. The number of carbonyl (C=O) groups excluding carboxylic acids is 1. The molecule has 1 aliphatic rings. The van der Waals surface area contributed by atoms with E-state index < -0.39 is 12.0 Å². The molecule has 5 nitrogen and oxygen atoms in total. The second-order valence-electron chi connectivity index (χ2n) is 4.95. The summed E-state index contributed by atoms with van der Waals surface area (Å²) in [5, 5.41) is 11.8. The number of carboxylic acids is 1. The lowest BCUT2D eigenvalue weighted by molar-refractivity contribution is -0.139. The molecule has 2 rings (SSSR count). The van der Waals surface area contributed by atoms with E-state index in [1.807, 2.05) is 42.2 Å². The maximum absolute atomic E-state index is 12.1. The fraction of sp³-hybridized carbons (Fsp3) is 0.429. The van der Waals surface area contributed by atoms with Crippen molar-refractivity contribution in [3.63, 3.8) is 0 Å². The van der Waals surface area contributed by atoms with Gasteiger partial charge in [0.05, 0.1) is 6.42 Å². The fourth-order valence-electron chi connectivity index (χ4n) is 2.33. The van der Waals surface area contributed by atoms with Gasteiger partial charge < -0.3 is 15.3 Å². The van der Waals surface area contributed by atoms with Crippen LogP contribution in [0.4, 0.5) is 5.69 Å². The second kappa shape index (κ2) is 5.73. The van der Waals surface area contributed by atoms with Gasteiger partial charge in [-0.25, -0.2) is 0 Å². The number of para-hydroxylation sites is 1. The molecule has 1 heterocycles. The van der Waals surface area contributed by atoms with Crippen molar-refractivity contribution in [2.75, 3.05) is 18.0 Å². The average molecular weight is 262 g/mol. The van der Waals surface area contributed by atoms with E-state index in [1.165, 1.54) is 0 Å². The molecular weight excluding hydrogens is 244 g/mol. The first-order valence-electron chi connectivity index (χ1n) is 6.39. The Morgan fingerprint density at radius 1 is 1.42 bits per heavy atom. The molecule has 2 N–H and O–H groups in total. The van der Waals surface area contributed by atoms with E-state index in [9.17, 15) is 9.59 Å². The Morgan fingerprint density at radius 2 is 2.11 bits per heavy atom. The number of hydrogen-bond acceptors (Lipinski definition) is 3. The van der Waals surface area contributed by atoms with Crippen LogP contribution in [0, 0.1) is 5.92 Å². The molecule has 19 heavy (non-hydrogen) atoms. The number of amides is 1. The fourth-order valence-corrected chi connectivity index (χ4v) is 2.33. The maximum Gasteiger partial charge on any atom is 0.305 e. The van der Waals surface area contributed by atoms with Crippen LogP contribution in [0.15, 0.2) is 30.3 Å². The summed E-state index contributed by atoms with van der Waals surface area (Å²) in [6.07, 6.45) is -0.187. The van der Waals surface area contributed by atoms with Crippen LogP contribution in [0.3, 0.4) is 0 Å². The molecule has 1 aliphatic heterocycles. The summed E-state index contributed by atoms with van der Waals surface area (Å²) in [6.45, 7) is 3.29. The molecule has 1 amide bonds. The van der Waals surface area contributed by atoms with E-state index in [0.29, 0.717) is 13.1 Å². The highest BCUT2D eigenvalue weighted by Crippen LogP contribution is 2.22. The van der Waals surface area contributed by atoms with Crippen LogP contribution in [0.5, 0.6) is 0 Å². The molecule has 1 fully saturated rings. The first-order valence-corrected chi connectivity index (χ1v) is 6.39. The standard InChI is InChI=1S/C14H18N2O3/c1-10-8-15-14(19)12(7-13(17)18)16(9-10)11-5-3-2-4-6-11/h2-6,10,12H,7-9H2,1H3,(H,15,19)(H,17,18). The van der Waals surface area contributed by atoms with Crippen molar-refractivity contribution in [2.24, 2.45) is 5.92 Å². The van der Waals surface area contributed by atoms with E-state index in [2.05, 4.69) is 5.32 Å². The molecule has 5 heteroatoms. The SMILES string of the molecule is CC1CNC(=O)C(CC(=O)O)N(c2ccccc2)C1. The summed E-state index contributed by atoms with van der Waals surface area (Å²) in [7, 11) is 0. The highest BCUT2D eigenvalue weighted by Gasteiger charge is 2.32. The average Bonchev–Trinajstić information content (AvgIpc) is 2.52. The highest BCUT2D eigenvalue weighted by atomic mass is 16.4. The number of carboxylic acid groups (broad SMARTS) is 1. The van der Waals surface area contributed by atoms with Gasteiger partial charge in [0.2, 0.25) is 5.91 Å². The van der Waals surface area contributed by atoms with Crippen LogP contribution >= 0.6 is 0 Å². The monoisotopic (exact) mass is 262 g/mol. The molecule has 1 aromatic rings. The summed E-state index contributed by atoms with van der Waals surface area (Å²) in [5.74, 6) is -0.894. The number of carbonyl (C=O) groups is 2. The van der Waals surface area contributed by atoms with Gasteiger partial charge in [-0.2, -0.15) is 0 Å². The molecule has 0 aliphatic carbocycles. The predicted molar refractivity (Wildman–Crippen MR) is 72.0 cm³/mol. The van der Waals surface area contributed by atoms with Crippen molar-refractivity contribution >= 4 is 17.6 Å². The first kappa shape index (κ1) is 13.4. The number of aliphatic carboxylic acids is 1. The zero-order chi connectivity index (χ0) is 13.8. The van der Waals surface area contributed by atoms with Crippen molar-refractivity contribution in [1.29, 1.82) is 0 Å². The van der Waals surface area contributed by atoms with Gasteiger partial charge in [-0.3, -0.25) is 9.59 Å². The number of benzene rings is 1. The first-order chi connectivity index (χ1) is 9.08. The molecule has 0 spiro atoms. The lowest BCUT2D eigenvalue weighted by Crippen LogP contribution is -2.45. The third-order valence-electron chi connectivity index (χ3n) is 3.27. The van der Waals surface area contributed by atoms with Crippen LogP contribution in [-0.4, -0.2) is 36.1 Å². The van der Waals surface area contributed by atoms with Gasteiger partial charge in [-0.05, 0) is 18.1 Å². The number of hydrogen-bond donors (Lipinski definition) is 2. The van der Waals surface area contributed by atoms with Gasteiger partial charge >= 0.3 is 5.97 Å². The summed E-state index contributed by atoms with van der Waals surface area (Å²) < 4.78 is 0. The van der Waals surface area contributed by atoms with Gasteiger partial charge in [-0.1, -0.05) is 25.1 Å². The molecule has 0 bridgehead atoms. The summed E-state index contributed by atoms with van der Waals surface area (Å²) >= 11 is 0. The smallest absolute Gasteiger partial charge is 0.305 e. The Balaban J connectivity index is 2.32. The predicted octanol–water partition coefficient (Wildman–Crippen LogP) is 1.10. The molecule has 102 valence electrons. The van der Waals surface area contributed by atoms with Crippen LogP contribution in [0.25, 0.3) is 0 Å². The van der Waals surface area contributed by atoms with Crippen LogP contribution < -0.4 is 10.2 Å². The Morgan fingerprint density at radius 3 is 2.74 bits per heavy atom. The van der Waals surface area contributed by atoms with Gasteiger partial charge in [0.25, 0.3) is 0 Å². The summed E-state index contributed by atoms with van der Waals surface area (Å²) in [4.78, 5) is 24.9. The molecule has 0 saturated carbocycles. The number of anilines is 1. The summed E-state index contributed by atoms with van der Waals surface area (Å²) in [6, 6.07) is 8.84. The van der Waals surface area contributed by atoms with Crippen LogP contribution in [-0.2, 0) is 9.59 Å². The zero-order valence-corrected chi connectivity index (χ0v) is 10.9. The lowest BCUT2D eigenvalue weighted by Gasteiger charge is -2.30. The molecule has 0 radical (unpaired) electrons. The van der Waals surface area contributed by atoms with Crippen molar-refractivity contribution in [3.05, 3.63) is 30.3 Å². The molecule has 1 aromatic carbocycles. The van der Waals surface area contributed by atoms with Crippen molar-refractivity contribution < 1.29 is 14.7 Å². The lowest BCUT2D eigenvalue weighted by atomic mass is 10.1. The van der Waals surface area contributed by atoms with Crippen LogP contribution in [0.1, 0.15) is 13.3 Å². The minimum absolute atomic E-state index is 0.187. The minimum Gasteiger partial charge on any atom is -0.481 e. The van der Waals surface area contributed by atoms with Crippen molar-refractivity contribution in [3.8, 4) is 0 Å². The third kappa shape index (κ3) is 3.24. The van der Waals surface area contributed by atoms with E-state index in [-0.39, 0.29) is 18.2 Å². The van der Waals surface area contributed by atoms with Gasteiger partial charge in [0, 0.05) is 18.8 Å². The highest BCUT2D eigenvalue weighted by molar-refractivity contribution is 5.89. The molecule has 2 unspecified atom stereocenters.